The zero-order valence-corrected chi connectivity index (χ0v) is 7.92. The molecule has 52 valence electrons. The fraction of sp³-hybridized carbons (Fsp3) is 0.400. The van der Waals surface area contributed by atoms with Gasteiger partial charge in [-0.2, -0.15) is 0 Å². The summed E-state index contributed by atoms with van der Waals surface area (Å²) < 4.78 is 0. The first kappa shape index (κ1) is 12.6. The van der Waals surface area contributed by atoms with Gasteiger partial charge >= 0.3 is 29.6 Å². The van der Waals surface area contributed by atoms with Gasteiger partial charge in [-0.05, 0) is 0 Å². The summed E-state index contributed by atoms with van der Waals surface area (Å²) in [6.07, 6.45) is 0. The summed E-state index contributed by atoms with van der Waals surface area (Å²) in [5.41, 5.74) is -1.92. The Morgan fingerprint density at radius 3 is 1.50 bits per heavy atom. The average Bonchev–Trinajstić information content (AvgIpc) is 1.65. The summed E-state index contributed by atoms with van der Waals surface area (Å²) in [7, 11) is 0. The summed E-state index contributed by atoms with van der Waals surface area (Å²) in [5, 5.41) is 16.3. The fourth-order valence-electron chi connectivity index (χ4n) is 0.0915. The Morgan fingerprint density at radius 2 is 1.50 bits per heavy atom. The molecule has 0 aromatic carbocycles. The minimum Gasteiger partial charge on any atom is -0.482 e. The van der Waals surface area contributed by atoms with Crippen LogP contribution in [0.2, 0.25) is 0 Å². The van der Waals surface area contributed by atoms with E-state index < -0.39 is 17.4 Å². The van der Waals surface area contributed by atoms with E-state index in [9.17, 15) is 9.59 Å². The summed E-state index contributed by atoms with van der Waals surface area (Å²) in [5.74, 6) is -2.87. The number of hydrogen-bond donors (Lipinski definition) is 2. The van der Waals surface area contributed by atoms with Crippen LogP contribution < -0.4 is 29.6 Å². The Kier molecular flexibility index (Phi) is 4.98. The maximum absolute atomic E-state index is 10.0. The van der Waals surface area contributed by atoms with Gasteiger partial charge in [0.1, 0.15) is 0 Å². The zero-order chi connectivity index (χ0) is 7.65. The second-order valence-electron chi connectivity index (χ2n) is 1.94. The molecule has 10 heavy (non-hydrogen) atoms. The SMILES string of the molecule is [CH2-]C(C)(C(=O)O)C(=O)O.[Na+]. The van der Waals surface area contributed by atoms with E-state index in [1.807, 2.05) is 0 Å². The van der Waals surface area contributed by atoms with Gasteiger partial charge in [0.05, 0.1) is 0 Å². The predicted octanol–water partition coefficient (Wildman–Crippen LogP) is -3.00. The van der Waals surface area contributed by atoms with Crippen LogP contribution in [-0.4, -0.2) is 22.2 Å². The standard InChI is InChI=1S/C5H7O4.Na/c1-5(2,3(6)7)4(8)9;/h1H2,2H3,(H,6,7)(H,8,9);/q-1;+1. The first-order valence-electron chi connectivity index (χ1n) is 2.21. The average molecular weight is 154 g/mol. The summed E-state index contributed by atoms with van der Waals surface area (Å²) in [6.45, 7) is 4.00. The third kappa shape index (κ3) is 2.68. The topological polar surface area (TPSA) is 74.6 Å². The van der Waals surface area contributed by atoms with Crippen molar-refractivity contribution in [2.75, 3.05) is 0 Å². The summed E-state index contributed by atoms with van der Waals surface area (Å²) in [6, 6.07) is 0. The van der Waals surface area contributed by atoms with Gasteiger partial charge in [-0.25, -0.2) is 0 Å². The minimum atomic E-state index is -1.92. The third-order valence-electron chi connectivity index (χ3n) is 0.944. The first-order valence-corrected chi connectivity index (χ1v) is 2.21. The van der Waals surface area contributed by atoms with E-state index in [1.54, 1.807) is 0 Å². The van der Waals surface area contributed by atoms with E-state index in [0.29, 0.717) is 0 Å². The number of aliphatic carboxylic acids is 2. The van der Waals surface area contributed by atoms with Gasteiger partial charge in [0.15, 0.2) is 0 Å². The molecule has 0 fully saturated rings. The van der Waals surface area contributed by atoms with Crippen molar-refractivity contribution in [1.82, 2.24) is 0 Å². The Bertz CT molecular complexity index is 136. The second-order valence-corrected chi connectivity index (χ2v) is 1.94. The van der Waals surface area contributed by atoms with E-state index >= 15 is 0 Å². The maximum Gasteiger partial charge on any atom is 1.00 e. The van der Waals surface area contributed by atoms with Crippen LogP contribution in [0.25, 0.3) is 0 Å². The smallest absolute Gasteiger partial charge is 0.482 e. The number of hydrogen-bond acceptors (Lipinski definition) is 2. The van der Waals surface area contributed by atoms with Gasteiger partial charge in [-0.3, -0.25) is 9.59 Å². The van der Waals surface area contributed by atoms with Gasteiger partial charge in [0.25, 0.3) is 11.9 Å². The molecule has 0 unspecified atom stereocenters. The molecule has 0 aliphatic carbocycles. The molecule has 4 nitrogen and oxygen atoms in total. The third-order valence-corrected chi connectivity index (χ3v) is 0.944. The van der Waals surface area contributed by atoms with Crippen molar-refractivity contribution in [3.05, 3.63) is 6.92 Å². The molecule has 5 heteroatoms. The van der Waals surface area contributed by atoms with E-state index in [2.05, 4.69) is 6.92 Å². The van der Waals surface area contributed by atoms with Crippen molar-refractivity contribution in [3.63, 3.8) is 0 Å². The Hall–Kier alpha value is -0.0600. The molecule has 0 bridgehead atoms. The van der Waals surface area contributed by atoms with Crippen molar-refractivity contribution in [1.29, 1.82) is 0 Å². The van der Waals surface area contributed by atoms with Crippen LogP contribution >= 0.6 is 0 Å². The van der Waals surface area contributed by atoms with E-state index in [-0.39, 0.29) is 29.6 Å². The van der Waals surface area contributed by atoms with Crippen molar-refractivity contribution >= 4 is 11.9 Å². The molecule has 0 saturated heterocycles. The normalized spacial score (nSPS) is 9.80. The van der Waals surface area contributed by atoms with E-state index in [1.165, 1.54) is 0 Å². The van der Waals surface area contributed by atoms with Gasteiger partial charge in [0.2, 0.25) is 0 Å². The van der Waals surface area contributed by atoms with Gasteiger partial charge in [-0.15, -0.1) is 0 Å². The van der Waals surface area contributed by atoms with Crippen LogP contribution in [0.4, 0.5) is 0 Å². The molecule has 0 aliphatic heterocycles. The molecule has 0 amide bonds. The number of carbonyl (C=O) groups is 2. The molecule has 2 N–H and O–H groups in total. The van der Waals surface area contributed by atoms with Crippen molar-refractivity contribution < 1.29 is 49.4 Å². The molecular formula is C5H7NaO4. The number of carboxylic acid groups (broad SMARTS) is 2. The quantitative estimate of drug-likeness (QED) is 0.252. The van der Waals surface area contributed by atoms with Crippen LogP contribution in [-0.2, 0) is 9.59 Å². The van der Waals surface area contributed by atoms with E-state index in [0.717, 1.165) is 6.92 Å². The number of rotatable bonds is 2. The van der Waals surface area contributed by atoms with Gasteiger partial charge in [-0.1, -0.05) is 6.92 Å². The zero-order valence-electron chi connectivity index (χ0n) is 5.92. The molecule has 0 spiro atoms. The minimum absolute atomic E-state index is 0. The molecular weight excluding hydrogens is 147 g/mol. The molecule has 0 rings (SSSR count). The maximum atomic E-state index is 10.0. The van der Waals surface area contributed by atoms with E-state index in [4.69, 9.17) is 10.2 Å². The summed E-state index contributed by atoms with van der Waals surface area (Å²) in [4.78, 5) is 20.0. The molecule has 0 aromatic heterocycles. The van der Waals surface area contributed by atoms with Crippen molar-refractivity contribution in [3.8, 4) is 0 Å². The number of carboxylic acids is 2. The monoisotopic (exact) mass is 154 g/mol. The Balaban J connectivity index is 0. The fourth-order valence-corrected chi connectivity index (χ4v) is 0.0915. The van der Waals surface area contributed by atoms with Gasteiger partial charge < -0.3 is 17.1 Å². The van der Waals surface area contributed by atoms with Crippen molar-refractivity contribution in [2.24, 2.45) is 5.41 Å². The van der Waals surface area contributed by atoms with Crippen LogP contribution in [0.1, 0.15) is 6.92 Å². The van der Waals surface area contributed by atoms with Gasteiger partial charge in [0, 0.05) is 5.41 Å². The van der Waals surface area contributed by atoms with Crippen LogP contribution in [0.15, 0.2) is 0 Å². The summed E-state index contributed by atoms with van der Waals surface area (Å²) >= 11 is 0. The van der Waals surface area contributed by atoms with Crippen molar-refractivity contribution in [2.45, 2.75) is 6.92 Å². The molecule has 0 saturated carbocycles. The molecule has 0 aliphatic rings. The van der Waals surface area contributed by atoms with Crippen LogP contribution in [0, 0.1) is 12.3 Å². The first-order chi connectivity index (χ1) is 3.89. The second kappa shape index (κ2) is 3.95. The largest absolute Gasteiger partial charge is 1.00 e. The molecule has 0 atom stereocenters. The van der Waals surface area contributed by atoms with Crippen LogP contribution in [0.5, 0.6) is 0 Å². The Labute approximate surface area is 80.5 Å². The van der Waals surface area contributed by atoms with Crippen LogP contribution in [0.3, 0.4) is 0 Å². The predicted molar refractivity (Wildman–Crippen MR) is 28.7 cm³/mol. The Morgan fingerprint density at radius 1 is 1.30 bits per heavy atom. The molecule has 0 heterocycles. The molecule has 0 aromatic rings. The molecule has 0 radical (unpaired) electrons.